The molecule has 0 amide bonds. The monoisotopic (exact) mass is 449 g/mol. The maximum Gasteiger partial charge on any atom is 0.339 e. The predicted molar refractivity (Wildman–Crippen MR) is 117 cm³/mol. The van der Waals surface area contributed by atoms with Crippen LogP contribution in [0.4, 0.5) is 0 Å². The Hall–Kier alpha value is -2.42. The van der Waals surface area contributed by atoms with Gasteiger partial charge in [-0.25, -0.2) is 22.2 Å². The summed E-state index contributed by atoms with van der Waals surface area (Å²) in [5.74, 6) is -0.298. The fourth-order valence-electron chi connectivity index (χ4n) is 3.80. The van der Waals surface area contributed by atoms with Gasteiger partial charge in [-0.1, -0.05) is 17.7 Å². The normalized spacial score (nSPS) is 15.0. The minimum absolute atomic E-state index is 0. The molecule has 0 unspecified atom stereocenters. The molecule has 0 atom stereocenters. The third-order valence-electron chi connectivity index (χ3n) is 5.42. The molecule has 1 aliphatic heterocycles. The molecule has 4 rings (SSSR count). The van der Waals surface area contributed by atoms with E-state index in [-0.39, 0.29) is 23.2 Å². The van der Waals surface area contributed by atoms with Gasteiger partial charge in [0.15, 0.2) is 5.65 Å². The lowest BCUT2D eigenvalue weighted by Crippen LogP contribution is -2.26. The second kappa shape index (κ2) is 8.75. The summed E-state index contributed by atoms with van der Waals surface area (Å²) in [5, 5.41) is 4.00. The molecule has 7 nitrogen and oxygen atoms in total. The van der Waals surface area contributed by atoms with Crippen LogP contribution in [0.1, 0.15) is 40.2 Å². The highest BCUT2D eigenvalue weighted by molar-refractivity contribution is 7.90. The molecule has 3 aromatic rings. The number of hydrogen-bond acceptors (Lipinski definition) is 6. The number of piperidine rings is 1. The van der Waals surface area contributed by atoms with Gasteiger partial charge in [-0.3, -0.25) is 0 Å². The second-order valence-electron chi connectivity index (χ2n) is 7.31. The summed E-state index contributed by atoms with van der Waals surface area (Å²) in [7, 11) is -2.50. The number of fused-ring (bicyclic) bond motifs is 1. The number of aromatic nitrogens is 2. The zero-order valence-electron chi connectivity index (χ0n) is 16.8. The van der Waals surface area contributed by atoms with Crippen molar-refractivity contribution in [2.45, 2.75) is 30.6 Å². The Morgan fingerprint density at radius 1 is 1.20 bits per heavy atom. The molecular formula is C21H24ClN3O4S. The van der Waals surface area contributed by atoms with Crippen molar-refractivity contribution in [1.29, 1.82) is 0 Å². The van der Waals surface area contributed by atoms with Crippen LogP contribution in [0.15, 0.2) is 47.6 Å². The highest BCUT2D eigenvalue weighted by Gasteiger charge is 2.27. The number of esters is 1. The van der Waals surface area contributed by atoms with E-state index in [2.05, 4.69) is 10.3 Å². The first-order chi connectivity index (χ1) is 13.9. The maximum absolute atomic E-state index is 13.3. The van der Waals surface area contributed by atoms with Gasteiger partial charge in [-0.2, -0.15) is 0 Å². The number of halogens is 1. The highest BCUT2D eigenvalue weighted by atomic mass is 35.5. The molecule has 0 aliphatic carbocycles. The number of rotatable bonds is 4. The molecule has 160 valence electrons. The minimum atomic E-state index is -3.82. The molecule has 9 heteroatoms. The first kappa shape index (κ1) is 22.3. The molecule has 0 radical (unpaired) electrons. The number of methoxy groups -OCH3 is 1. The lowest BCUT2D eigenvalue weighted by molar-refractivity contribution is 0.0600. The molecule has 0 saturated carbocycles. The summed E-state index contributed by atoms with van der Waals surface area (Å²) in [6.07, 6.45) is 4.82. The molecule has 1 aromatic carbocycles. The lowest BCUT2D eigenvalue weighted by Gasteiger charge is -2.22. The van der Waals surface area contributed by atoms with Crippen LogP contribution in [0.25, 0.3) is 11.0 Å². The van der Waals surface area contributed by atoms with Gasteiger partial charge < -0.3 is 10.1 Å². The number of ether oxygens (including phenoxy) is 1. The van der Waals surface area contributed by atoms with Crippen LogP contribution in [-0.4, -0.2) is 43.5 Å². The molecule has 1 fully saturated rings. The SMILES string of the molecule is COC(=O)c1cnc2c(c1)c(C1CCNCC1)cn2S(=O)(=O)c1ccc(C)cc1.Cl. The maximum atomic E-state index is 13.3. The van der Waals surface area contributed by atoms with E-state index in [1.54, 1.807) is 36.5 Å². The third-order valence-corrected chi connectivity index (χ3v) is 7.08. The molecule has 1 N–H and O–H groups in total. The Labute approximate surface area is 181 Å². The zero-order chi connectivity index (χ0) is 20.6. The summed E-state index contributed by atoms with van der Waals surface area (Å²) < 4.78 is 32.8. The van der Waals surface area contributed by atoms with Crippen LogP contribution in [0.3, 0.4) is 0 Å². The minimum Gasteiger partial charge on any atom is -0.465 e. The second-order valence-corrected chi connectivity index (χ2v) is 9.12. The largest absolute Gasteiger partial charge is 0.465 e. The van der Waals surface area contributed by atoms with Crippen LogP contribution >= 0.6 is 12.4 Å². The van der Waals surface area contributed by atoms with Crippen molar-refractivity contribution in [2.75, 3.05) is 20.2 Å². The van der Waals surface area contributed by atoms with Crippen molar-refractivity contribution in [2.24, 2.45) is 0 Å². The van der Waals surface area contributed by atoms with Gasteiger partial charge >= 0.3 is 5.97 Å². The Morgan fingerprint density at radius 3 is 2.50 bits per heavy atom. The van der Waals surface area contributed by atoms with E-state index in [1.807, 2.05) is 6.92 Å². The Morgan fingerprint density at radius 2 is 1.87 bits per heavy atom. The molecule has 1 saturated heterocycles. The average molecular weight is 450 g/mol. The lowest BCUT2D eigenvalue weighted by atomic mass is 9.90. The molecular weight excluding hydrogens is 426 g/mol. The van der Waals surface area contributed by atoms with Gasteiger partial charge in [-0.15, -0.1) is 12.4 Å². The van der Waals surface area contributed by atoms with Crippen molar-refractivity contribution >= 4 is 39.4 Å². The van der Waals surface area contributed by atoms with Crippen molar-refractivity contribution in [3.63, 3.8) is 0 Å². The summed E-state index contributed by atoms with van der Waals surface area (Å²) in [5.41, 5.74) is 2.51. The summed E-state index contributed by atoms with van der Waals surface area (Å²) in [6.45, 7) is 3.64. The van der Waals surface area contributed by atoms with E-state index in [9.17, 15) is 13.2 Å². The van der Waals surface area contributed by atoms with Crippen LogP contribution in [0.2, 0.25) is 0 Å². The van der Waals surface area contributed by atoms with Crippen LogP contribution in [0, 0.1) is 6.92 Å². The van der Waals surface area contributed by atoms with E-state index >= 15 is 0 Å². The fourth-order valence-corrected chi connectivity index (χ4v) is 5.13. The van der Waals surface area contributed by atoms with E-state index in [0.29, 0.717) is 16.6 Å². The Balaban J connectivity index is 0.00000256. The first-order valence-electron chi connectivity index (χ1n) is 9.54. The highest BCUT2D eigenvalue weighted by Crippen LogP contribution is 2.34. The molecule has 1 aliphatic rings. The third kappa shape index (κ3) is 3.95. The molecule has 0 bridgehead atoms. The smallest absolute Gasteiger partial charge is 0.339 e. The van der Waals surface area contributed by atoms with Gasteiger partial charge in [0.25, 0.3) is 10.0 Å². The van der Waals surface area contributed by atoms with E-state index in [4.69, 9.17) is 4.74 Å². The Bertz CT molecular complexity index is 1170. The number of aryl methyl sites for hydroxylation is 1. The first-order valence-corrected chi connectivity index (χ1v) is 11.0. The summed E-state index contributed by atoms with van der Waals surface area (Å²) >= 11 is 0. The van der Waals surface area contributed by atoms with Crippen molar-refractivity contribution in [1.82, 2.24) is 14.3 Å². The predicted octanol–water partition coefficient (Wildman–Crippen LogP) is 3.26. The fraction of sp³-hybridized carbons (Fsp3) is 0.333. The number of carbonyl (C=O) groups is 1. The molecule has 0 spiro atoms. The van der Waals surface area contributed by atoms with E-state index in [1.165, 1.54) is 17.3 Å². The van der Waals surface area contributed by atoms with Crippen LogP contribution in [-0.2, 0) is 14.8 Å². The number of benzene rings is 1. The van der Waals surface area contributed by atoms with E-state index < -0.39 is 16.0 Å². The van der Waals surface area contributed by atoms with Crippen molar-refractivity contribution in [3.05, 3.63) is 59.4 Å². The molecule has 3 heterocycles. The van der Waals surface area contributed by atoms with Gasteiger partial charge in [0.05, 0.1) is 17.6 Å². The van der Waals surface area contributed by atoms with Gasteiger partial charge in [-0.05, 0) is 62.5 Å². The average Bonchev–Trinajstić information content (AvgIpc) is 3.14. The van der Waals surface area contributed by atoms with Gasteiger partial charge in [0, 0.05) is 17.8 Å². The number of hydrogen-bond donors (Lipinski definition) is 1. The van der Waals surface area contributed by atoms with Crippen LogP contribution < -0.4 is 5.32 Å². The summed E-state index contributed by atoms with van der Waals surface area (Å²) in [6, 6.07) is 8.43. The molecule has 30 heavy (non-hydrogen) atoms. The van der Waals surface area contributed by atoms with Crippen molar-refractivity contribution < 1.29 is 17.9 Å². The number of nitrogens with zero attached hydrogens (tertiary/aromatic N) is 2. The van der Waals surface area contributed by atoms with Crippen molar-refractivity contribution in [3.8, 4) is 0 Å². The number of nitrogens with one attached hydrogen (secondary N) is 1. The summed E-state index contributed by atoms with van der Waals surface area (Å²) in [4.78, 5) is 16.6. The topological polar surface area (TPSA) is 90.3 Å². The zero-order valence-corrected chi connectivity index (χ0v) is 18.4. The molecule has 2 aromatic heterocycles. The van der Waals surface area contributed by atoms with Gasteiger partial charge in [0.2, 0.25) is 0 Å². The van der Waals surface area contributed by atoms with Gasteiger partial charge in [0.1, 0.15) is 0 Å². The number of pyridine rings is 1. The Kier molecular flexibility index (Phi) is 6.50. The number of carbonyl (C=O) groups excluding carboxylic acids is 1. The standard InChI is InChI=1S/C21H23N3O4S.ClH/c1-14-3-5-17(6-4-14)29(26,27)24-13-19(15-7-9-22-10-8-15)18-11-16(21(25)28-2)12-23-20(18)24;/h3-6,11-13,15,22H,7-10H2,1-2H3;1H. The quantitative estimate of drug-likeness (QED) is 0.615. The van der Waals surface area contributed by atoms with E-state index in [0.717, 1.165) is 37.1 Å². The van der Waals surface area contributed by atoms with Crippen LogP contribution in [0.5, 0.6) is 0 Å².